The zero-order valence-corrected chi connectivity index (χ0v) is 12.0. The van der Waals surface area contributed by atoms with Gasteiger partial charge in [0, 0.05) is 6.54 Å². The molecule has 1 N–H and O–H groups in total. The van der Waals surface area contributed by atoms with Crippen molar-refractivity contribution in [1.82, 2.24) is 4.72 Å². The van der Waals surface area contributed by atoms with Crippen LogP contribution >= 0.6 is 0 Å². The molecule has 0 radical (unpaired) electrons. The summed E-state index contributed by atoms with van der Waals surface area (Å²) in [6.07, 6.45) is 0.611. The molecule has 2 rings (SSSR count). The van der Waals surface area contributed by atoms with Crippen molar-refractivity contribution in [1.29, 1.82) is 0 Å². The van der Waals surface area contributed by atoms with Crippen LogP contribution < -0.4 is 4.72 Å². The lowest BCUT2D eigenvalue weighted by Gasteiger charge is -2.08. The lowest BCUT2D eigenvalue weighted by molar-refractivity contribution is 0.580. The van der Waals surface area contributed by atoms with E-state index in [0.717, 1.165) is 5.56 Å². The normalized spacial score (nSPS) is 11.5. The number of hydrogen-bond donors (Lipinski definition) is 1. The Bertz CT molecular complexity index is 684. The van der Waals surface area contributed by atoms with Crippen LogP contribution in [0.25, 0.3) is 0 Å². The van der Waals surface area contributed by atoms with Crippen molar-refractivity contribution in [3.05, 3.63) is 65.5 Å². The number of halogens is 1. The molecule has 0 saturated carbocycles. The summed E-state index contributed by atoms with van der Waals surface area (Å²) in [5.74, 6) is -0.409. The number of rotatable bonds is 5. The van der Waals surface area contributed by atoms with Crippen molar-refractivity contribution in [2.24, 2.45) is 0 Å². The third-order valence-electron chi connectivity index (χ3n) is 2.99. The first-order valence-electron chi connectivity index (χ1n) is 6.29. The van der Waals surface area contributed by atoms with Crippen LogP contribution in [-0.4, -0.2) is 15.0 Å². The Hall–Kier alpha value is -1.72. The van der Waals surface area contributed by atoms with Gasteiger partial charge in [0.25, 0.3) is 0 Å². The van der Waals surface area contributed by atoms with Crippen LogP contribution in [0.15, 0.2) is 53.4 Å². The maximum Gasteiger partial charge on any atom is 0.240 e. The second-order valence-electron chi connectivity index (χ2n) is 4.54. The second kappa shape index (κ2) is 6.15. The van der Waals surface area contributed by atoms with E-state index in [2.05, 4.69) is 4.72 Å². The molecule has 0 aliphatic heterocycles. The predicted octanol–water partition coefficient (Wildman–Crippen LogP) is 2.66. The molecule has 0 aliphatic rings. The van der Waals surface area contributed by atoms with Gasteiger partial charge in [0.05, 0.1) is 4.90 Å². The molecule has 0 fully saturated rings. The van der Waals surface area contributed by atoms with E-state index < -0.39 is 15.8 Å². The Labute approximate surface area is 118 Å². The second-order valence-corrected chi connectivity index (χ2v) is 6.31. The van der Waals surface area contributed by atoms with Gasteiger partial charge in [-0.2, -0.15) is 0 Å². The van der Waals surface area contributed by atoms with Crippen molar-refractivity contribution in [2.45, 2.75) is 18.2 Å². The van der Waals surface area contributed by atoms with Crippen molar-refractivity contribution in [2.75, 3.05) is 6.54 Å². The summed E-state index contributed by atoms with van der Waals surface area (Å²) in [7, 11) is -3.59. The zero-order valence-electron chi connectivity index (χ0n) is 11.1. The molecule has 0 bridgehead atoms. The lowest BCUT2D eigenvalue weighted by atomic mass is 10.2. The van der Waals surface area contributed by atoms with E-state index in [1.807, 2.05) is 30.3 Å². The van der Waals surface area contributed by atoms with Gasteiger partial charge in [0.1, 0.15) is 5.82 Å². The highest BCUT2D eigenvalue weighted by Crippen LogP contribution is 2.14. The van der Waals surface area contributed by atoms with E-state index in [1.54, 1.807) is 6.92 Å². The van der Waals surface area contributed by atoms with Gasteiger partial charge < -0.3 is 0 Å². The molecule has 5 heteroatoms. The third kappa shape index (κ3) is 3.65. The van der Waals surface area contributed by atoms with E-state index >= 15 is 0 Å². The highest BCUT2D eigenvalue weighted by atomic mass is 32.2. The molecule has 0 aromatic heterocycles. The van der Waals surface area contributed by atoms with Crippen LogP contribution in [0.5, 0.6) is 0 Å². The standard InChI is InChI=1S/C15H16FNO2S/c1-12-11-14(7-8-15(12)16)20(18,19)17-10-9-13-5-3-2-4-6-13/h2-8,11,17H,9-10H2,1H3. The molecule has 106 valence electrons. The number of sulfonamides is 1. The largest absolute Gasteiger partial charge is 0.240 e. The van der Waals surface area contributed by atoms with Crippen LogP contribution in [0.3, 0.4) is 0 Å². The summed E-state index contributed by atoms with van der Waals surface area (Å²) in [6, 6.07) is 13.4. The van der Waals surface area contributed by atoms with Gasteiger partial charge >= 0.3 is 0 Å². The summed E-state index contributed by atoms with van der Waals surface area (Å²) in [4.78, 5) is 0.0875. The molecule has 0 heterocycles. The number of benzene rings is 2. The minimum absolute atomic E-state index is 0.0875. The van der Waals surface area contributed by atoms with E-state index in [1.165, 1.54) is 18.2 Å². The van der Waals surface area contributed by atoms with Crippen molar-refractivity contribution in [3.63, 3.8) is 0 Å². The van der Waals surface area contributed by atoms with Crippen molar-refractivity contribution < 1.29 is 12.8 Å². The molecular weight excluding hydrogens is 277 g/mol. The summed E-state index contributed by atoms with van der Waals surface area (Å²) >= 11 is 0. The molecule has 3 nitrogen and oxygen atoms in total. The van der Waals surface area contributed by atoms with E-state index in [4.69, 9.17) is 0 Å². The van der Waals surface area contributed by atoms with Gasteiger partial charge in [-0.1, -0.05) is 30.3 Å². The molecule has 0 unspecified atom stereocenters. The van der Waals surface area contributed by atoms with Crippen LogP contribution in [0.4, 0.5) is 4.39 Å². The van der Waals surface area contributed by atoms with Gasteiger partial charge in [-0.25, -0.2) is 17.5 Å². The first-order valence-corrected chi connectivity index (χ1v) is 7.77. The Morgan fingerprint density at radius 3 is 2.45 bits per heavy atom. The molecule has 0 saturated heterocycles. The smallest absolute Gasteiger partial charge is 0.211 e. The minimum atomic E-state index is -3.59. The predicted molar refractivity (Wildman–Crippen MR) is 76.5 cm³/mol. The average molecular weight is 293 g/mol. The highest BCUT2D eigenvalue weighted by molar-refractivity contribution is 7.89. The lowest BCUT2D eigenvalue weighted by Crippen LogP contribution is -2.26. The molecule has 0 spiro atoms. The van der Waals surface area contributed by atoms with Gasteiger partial charge in [0.15, 0.2) is 0 Å². The number of aryl methyl sites for hydroxylation is 1. The van der Waals surface area contributed by atoms with Gasteiger partial charge in [0.2, 0.25) is 10.0 Å². The van der Waals surface area contributed by atoms with Gasteiger partial charge in [-0.3, -0.25) is 0 Å². The van der Waals surface area contributed by atoms with Crippen LogP contribution in [0, 0.1) is 12.7 Å². The van der Waals surface area contributed by atoms with E-state index in [0.29, 0.717) is 18.5 Å². The Morgan fingerprint density at radius 1 is 1.10 bits per heavy atom. The van der Waals surface area contributed by atoms with E-state index in [9.17, 15) is 12.8 Å². The maximum atomic E-state index is 13.1. The Morgan fingerprint density at radius 2 is 1.80 bits per heavy atom. The minimum Gasteiger partial charge on any atom is -0.211 e. The number of nitrogens with one attached hydrogen (secondary N) is 1. The summed E-state index contributed by atoms with van der Waals surface area (Å²) in [5, 5.41) is 0. The molecule has 20 heavy (non-hydrogen) atoms. The first-order chi connectivity index (χ1) is 9.49. The zero-order chi connectivity index (χ0) is 14.6. The van der Waals surface area contributed by atoms with Crippen molar-refractivity contribution >= 4 is 10.0 Å². The molecule has 0 atom stereocenters. The SMILES string of the molecule is Cc1cc(S(=O)(=O)NCCc2ccccc2)ccc1F. The molecule has 0 amide bonds. The van der Waals surface area contributed by atoms with Crippen LogP contribution in [-0.2, 0) is 16.4 Å². The molecule has 2 aromatic carbocycles. The summed E-state index contributed by atoms with van der Waals surface area (Å²) in [6.45, 7) is 1.85. The molecule has 0 aliphatic carbocycles. The summed E-state index contributed by atoms with van der Waals surface area (Å²) < 4.78 is 39.8. The van der Waals surface area contributed by atoms with E-state index in [-0.39, 0.29) is 4.90 Å². The van der Waals surface area contributed by atoms with Crippen molar-refractivity contribution in [3.8, 4) is 0 Å². The van der Waals surface area contributed by atoms with Gasteiger partial charge in [-0.05, 0) is 42.7 Å². The fraction of sp³-hybridized carbons (Fsp3) is 0.200. The Kier molecular flexibility index (Phi) is 4.52. The van der Waals surface area contributed by atoms with Gasteiger partial charge in [-0.15, -0.1) is 0 Å². The third-order valence-corrected chi connectivity index (χ3v) is 4.45. The maximum absolute atomic E-state index is 13.1. The number of hydrogen-bond acceptors (Lipinski definition) is 2. The first kappa shape index (κ1) is 14.7. The molecule has 2 aromatic rings. The monoisotopic (exact) mass is 293 g/mol. The fourth-order valence-corrected chi connectivity index (χ4v) is 2.96. The fourth-order valence-electron chi connectivity index (χ4n) is 1.84. The van der Waals surface area contributed by atoms with Crippen LogP contribution in [0.1, 0.15) is 11.1 Å². The molecular formula is C15H16FNO2S. The average Bonchev–Trinajstić information content (AvgIpc) is 2.43. The summed E-state index contributed by atoms with van der Waals surface area (Å²) in [5.41, 5.74) is 1.38. The highest BCUT2D eigenvalue weighted by Gasteiger charge is 2.14. The Balaban J connectivity index is 2.02. The quantitative estimate of drug-likeness (QED) is 0.921. The topological polar surface area (TPSA) is 46.2 Å². The van der Waals surface area contributed by atoms with Crippen LogP contribution in [0.2, 0.25) is 0 Å².